The molecule has 20 heavy (non-hydrogen) atoms. The van der Waals surface area contributed by atoms with Crippen LogP contribution in [0.25, 0.3) is 0 Å². The maximum absolute atomic E-state index is 12.5. The molecule has 0 aliphatic carbocycles. The van der Waals surface area contributed by atoms with E-state index in [0.29, 0.717) is 17.9 Å². The van der Waals surface area contributed by atoms with E-state index in [4.69, 9.17) is 10.2 Å². The van der Waals surface area contributed by atoms with E-state index in [1.54, 1.807) is 40.9 Å². The van der Waals surface area contributed by atoms with E-state index >= 15 is 0 Å². The molecule has 6 heteroatoms. The average Bonchev–Trinajstić information content (AvgIpc) is 2.46. The van der Waals surface area contributed by atoms with E-state index in [0.717, 1.165) is 11.3 Å². The maximum Gasteiger partial charge on any atom is 0.305 e. The first-order chi connectivity index (χ1) is 9.61. The number of carboxylic acid groups (broad SMARTS) is 1. The van der Waals surface area contributed by atoms with Crippen molar-refractivity contribution in [1.82, 2.24) is 4.90 Å². The first kappa shape index (κ1) is 14.9. The second-order valence-electron chi connectivity index (χ2n) is 4.68. The Hall–Kier alpha value is -1.53. The molecular formula is C14H17NO4S. The van der Waals surface area contributed by atoms with E-state index < -0.39 is 5.97 Å². The third-order valence-electron chi connectivity index (χ3n) is 3.28. The molecule has 0 spiro atoms. The fourth-order valence-electron chi connectivity index (χ4n) is 2.21. The first-order valence-electron chi connectivity index (χ1n) is 6.42. The van der Waals surface area contributed by atoms with Gasteiger partial charge in [-0.25, -0.2) is 0 Å². The van der Waals surface area contributed by atoms with Gasteiger partial charge in [0, 0.05) is 23.6 Å². The standard InChI is InChI=1S/C14H17NO4S/c16-8-10-1-3-11(4-2-10)14(19)15-5-6-20-9-12(15)7-13(17)18/h1-4,12,16H,5-9H2,(H,17,18). The van der Waals surface area contributed by atoms with Crippen molar-refractivity contribution in [2.24, 2.45) is 0 Å². The number of aliphatic hydroxyl groups excluding tert-OH is 1. The van der Waals surface area contributed by atoms with Gasteiger partial charge in [-0.3, -0.25) is 9.59 Å². The van der Waals surface area contributed by atoms with E-state index in [1.807, 2.05) is 0 Å². The SMILES string of the molecule is O=C(O)CC1CSCCN1C(=O)c1ccc(CO)cc1. The second-order valence-corrected chi connectivity index (χ2v) is 5.83. The van der Waals surface area contributed by atoms with Gasteiger partial charge in [0.2, 0.25) is 0 Å². The van der Waals surface area contributed by atoms with Crippen molar-refractivity contribution < 1.29 is 19.8 Å². The maximum atomic E-state index is 12.5. The van der Waals surface area contributed by atoms with Gasteiger partial charge >= 0.3 is 5.97 Å². The predicted molar refractivity (Wildman–Crippen MR) is 76.8 cm³/mol. The van der Waals surface area contributed by atoms with Gasteiger partial charge in [0.25, 0.3) is 5.91 Å². The van der Waals surface area contributed by atoms with E-state index in [2.05, 4.69) is 0 Å². The molecule has 1 saturated heterocycles. The lowest BCUT2D eigenvalue weighted by molar-refractivity contribution is -0.138. The number of carboxylic acids is 1. The smallest absolute Gasteiger partial charge is 0.305 e. The molecule has 2 rings (SSSR count). The van der Waals surface area contributed by atoms with Crippen molar-refractivity contribution >= 4 is 23.6 Å². The molecular weight excluding hydrogens is 278 g/mol. The highest BCUT2D eigenvalue weighted by molar-refractivity contribution is 7.99. The van der Waals surface area contributed by atoms with Crippen LogP contribution in [0.15, 0.2) is 24.3 Å². The molecule has 1 fully saturated rings. The molecule has 0 saturated carbocycles. The molecule has 0 radical (unpaired) electrons. The van der Waals surface area contributed by atoms with Gasteiger partial charge in [-0.15, -0.1) is 0 Å². The Morgan fingerprint density at radius 2 is 2.00 bits per heavy atom. The second kappa shape index (κ2) is 6.76. The Kier molecular flexibility index (Phi) is 5.03. The quantitative estimate of drug-likeness (QED) is 0.873. The van der Waals surface area contributed by atoms with Crippen LogP contribution in [0.2, 0.25) is 0 Å². The van der Waals surface area contributed by atoms with Crippen LogP contribution in [0, 0.1) is 0 Å². The highest BCUT2D eigenvalue weighted by atomic mass is 32.2. The summed E-state index contributed by atoms with van der Waals surface area (Å²) in [4.78, 5) is 25.0. The number of aliphatic hydroxyl groups is 1. The minimum Gasteiger partial charge on any atom is -0.481 e. The molecule has 1 amide bonds. The molecule has 0 aromatic heterocycles. The Morgan fingerprint density at radius 1 is 1.30 bits per heavy atom. The van der Waals surface area contributed by atoms with E-state index in [9.17, 15) is 9.59 Å². The third kappa shape index (κ3) is 3.52. The molecule has 0 bridgehead atoms. The average molecular weight is 295 g/mol. The molecule has 1 aliphatic rings. The van der Waals surface area contributed by atoms with Crippen molar-refractivity contribution in [2.75, 3.05) is 18.1 Å². The van der Waals surface area contributed by atoms with Crippen molar-refractivity contribution in [3.63, 3.8) is 0 Å². The summed E-state index contributed by atoms with van der Waals surface area (Å²) in [7, 11) is 0. The number of nitrogens with zero attached hydrogens (tertiary/aromatic N) is 1. The number of hydrogen-bond donors (Lipinski definition) is 2. The molecule has 1 heterocycles. The zero-order valence-electron chi connectivity index (χ0n) is 11.0. The van der Waals surface area contributed by atoms with Crippen molar-refractivity contribution in [2.45, 2.75) is 19.1 Å². The number of thioether (sulfide) groups is 1. The Morgan fingerprint density at radius 3 is 2.60 bits per heavy atom. The molecule has 1 aliphatic heterocycles. The zero-order valence-corrected chi connectivity index (χ0v) is 11.8. The summed E-state index contributed by atoms with van der Waals surface area (Å²) in [6, 6.07) is 6.51. The molecule has 1 aromatic carbocycles. The Balaban J connectivity index is 2.13. The number of carbonyl (C=O) groups excluding carboxylic acids is 1. The van der Waals surface area contributed by atoms with Gasteiger partial charge in [-0.2, -0.15) is 11.8 Å². The van der Waals surface area contributed by atoms with Crippen LogP contribution in [0.1, 0.15) is 22.3 Å². The van der Waals surface area contributed by atoms with Crippen LogP contribution in [0.4, 0.5) is 0 Å². The van der Waals surface area contributed by atoms with Gasteiger partial charge in [-0.1, -0.05) is 12.1 Å². The van der Waals surface area contributed by atoms with Crippen molar-refractivity contribution in [3.05, 3.63) is 35.4 Å². The van der Waals surface area contributed by atoms with Crippen LogP contribution in [0.3, 0.4) is 0 Å². The largest absolute Gasteiger partial charge is 0.481 e. The first-order valence-corrected chi connectivity index (χ1v) is 7.57. The number of benzene rings is 1. The molecule has 1 atom stereocenters. The third-order valence-corrected chi connectivity index (χ3v) is 4.37. The van der Waals surface area contributed by atoms with Gasteiger partial charge in [0.05, 0.1) is 19.1 Å². The number of rotatable bonds is 4. The minimum absolute atomic E-state index is 0.0204. The lowest BCUT2D eigenvalue weighted by Gasteiger charge is -2.34. The van der Waals surface area contributed by atoms with Crippen LogP contribution < -0.4 is 0 Å². The zero-order chi connectivity index (χ0) is 14.5. The summed E-state index contributed by atoms with van der Waals surface area (Å²) in [5.41, 5.74) is 1.28. The molecule has 1 unspecified atom stereocenters. The van der Waals surface area contributed by atoms with Crippen LogP contribution in [-0.4, -0.2) is 51.1 Å². The summed E-state index contributed by atoms with van der Waals surface area (Å²) in [6.07, 6.45) is -0.0204. The molecule has 5 nitrogen and oxygen atoms in total. The van der Waals surface area contributed by atoms with Gasteiger partial charge in [0.1, 0.15) is 0 Å². The summed E-state index contributed by atoms with van der Waals surface area (Å²) in [5.74, 6) is 0.468. The highest BCUT2D eigenvalue weighted by Crippen LogP contribution is 2.21. The minimum atomic E-state index is -0.883. The number of carbonyl (C=O) groups is 2. The fourth-order valence-corrected chi connectivity index (χ4v) is 3.27. The van der Waals surface area contributed by atoms with Crippen molar-refractivity contribution in [1.29, 1.82) is 0 Å². The topological polar surface area (TPSA) is 77.8 Å². The summed E-state index contributed by atoms with van der Waals surface area (Å²) in [6.45, 7) is 0.514. The summed E-state index contributed by atoms with van der Waals surface area (Å²) in [5, 5.41) is 17.9. The van der Waals surface area contributed by atoms with Crippen LogP contribution >= 0.6 is 11.8 Å². The van der Waals surface area contributed by atoms with Crippen LogP contribution in [-0.2, 0) is 11.4 Å². The highest BCUT2D eigenvalue weighted by Gasteiger charge is 2.29. The monoisotopic (exact) mass is 295 g/mol. The molecule has 1 aromatic rings. The lowest BCUT2D eigenvalue weighted by atomic mass is 10.1. The lowest BCUT2D eigenvalue weighted by Crippen LogP contribution is -2.47. The Bertz CT molecular complexity index is 488. The van der Waals surface area contributed by atoms with Crippen molar-refractivity contribution in [3.8, 4) is 0 Å². The molecule has 2 N–H and O–H groups in total. The van der Waals surface area contributed by atoms with E-state index in [1.165, 1.54) is 0 Å². The number of amides is 1. The van der Waals surface area contributed by atoms with Crippen LogP contribution in [0.5, 0.6) is 0 Å². The normalized spacial score (nSPS) is 18.9. The summed E-state index contributed by atoms with van der Waals surface area (Å²) < 4.78 is 0. The number of aliphatic carboxylic acids is 1. The molecule has 108 valence electrons. The fraction of sp³-hybridized carbons (Fsp3) is 0.429. The summed E-state index contributed by atoms with van der Waals surface area (Å²) >= 11 is 1.68. The predicted octanol–water partition coefficient (Wildman–Crippen LogP) is 1.21. The van der Waals surface area contributed by atoms with Gasteiger partial charge < -0.3 is 15.1 Å². The Labute approximate surface area is 121 Å². The van der Waals surface area contributed by atoms with Gasteiger partial charge in [-0.05, 0) is 17.7 Å². The van der Waals surface area contributed by atoms with Gasteiger partial charge in [0.15, 0.2) is 0 Å². The van der Waals surface area contributed by atoms with E-state index in [-0.39, 0.29) is 25.0 Å². The number of hydrogen-bond acceptors (Lipinski definition) is 4.